The number of carbonyl (C=O) groups excluding carboxylic acids is 1. The number of nitrogens with zero attached hydrogens (tertiary/aromatic N) is 2. The van der Waals surface area contributed by atoms with Crippen LogP contribution in [-0.4, -0.2) is 49.0 Å². The maximum Gasteiger partial charge on any atom is 0.271 e. The molecule has 9 heteroatoms. The van der Waals surface area contributed by atoms with E-state index in [1.165, 1.54) is 5.01 Å². The monoisotopic (exact) mass is 309 g/mol. The van der Waals surface area contributed by atoms with Crippen molar-refractivity contribution in [2.75, 3.05) is 33.2 Å². The van der Waals surface area contributed by atoms with E-state index in [2.05, 4.69) is 5.43 Å². The van der Waals surface area contributed by atoms with Crippen LogP contribution in [0.3, 0.4) is 0 Å². The fourth-order valence-corrected chi connectivity index (χ4v) is 1.92. The standard InChI is InChI=1S/C12H12F5N3O/c1-19-2-4-20(5-3-19)18-12(21)6-7(13)9(15)11(17)10(16)8(6)14/h2-5H2,1H3,(H,18,21). The van der Waals surface area contributed by atoms with E-state index in [1.54, 1.807) is 0 Å². The van der Waals surface area contributed by atoms with Crippen molar-refractivity contribution in [1.82, 2.24) is 15.3 Å². The highest BCUT2D eigenvalue weighted by atomic mass is 19.2. The Labute approximate surface area is 117 Å². The summed E-state index contributed by atoms with van der Waals surface area (Å²) < 4.78 is 65.9. The van der Waals surface area contributed by atoms with Crippen LogP contribution in [0.2, 0.25) is 0 Å². The Kier molecular flexibility index (Phi) is 4.43. The number of benzene rings is 1. The first-order chi connectivity index (χ1) is 9.82. The van der Waals surface area contributed by atoms with Crippen molar-refractivity contribution in [2.45, 2.75) is 0 Å². The van der Waals surface area contributed by atoms with Gasteiger partial charge in [-0.2, -0.15) is 0 Å². The van der Waals surface area contributed by atoms with E-state index in [-0.39, 0.29) is 0 Å². The van der Waals surface area contributed by atoms with Gasteiger partial charge in [0.25, 0.3) is 5.91 Å². The van der Waals surface area contributed by atoms with Crippen molar-refractivity contribution in [3.05, 3.63) is 34.6 Å². The lowest BCUT2D eigenvalue weighted by Gasteiger charge is -2.32. The van der Waals surface area contributed by atoms with Crippen LogP contribution < -0.4 is 5.43 Å². The van der Waals surface area contributed by atoms with Crippen LogP contribution in [0.15, 0.2) is 0 Å². The third kappa shape index (κ3) is 2.98. The molecule has 4 nitrogen and oxygen atoms in total. The molecular weight excluding hydrogens is 297 g/mol. The molecule has 0 aromatic heterocycles. The van der Waals surface area contributed by atoms with Gasteiger partial charge in [0.15, 0.2) is 23.3 Å². The Bertz CT molecular complexity index is 543. The quantitative estimate of drug-likeness (QED) is 0.508. The number of piperazine rings is 1. The third-order valence-electron chi connectivity index (χ3n) is 3.20. The molecule has 1 amide bonds. The SMILES string of the molecule is CN1CCN(NC(=O)c2c(F)c(F)c(F)c(F)c2F)CC1. The molecule has 0 saturated carbocycles. The maximum atomic E-state index is 13.5. The molecule has 1 fully saturated rings. The predicted molar refractivity (Wildman–Crippen MR) is 62.8 cm³/mol. The van der Waals surface area contributed by atoms with E-state index in [4.69, 9.17) is 0 Å². The predicted octanol–water partition coefficient (Wildman–Crippen LogP) is 1.27. The lowest BCUT2D eigenvalue weighted by Crippen LogP contribution is -2.52. The zero-order valence-electron chi connectivity index (χ0n) is 11.0. The average Bonchev–Trinajstić information content (AvgIpc) is 2.46. The van der Waals surface area contributed by atoms with E-state index in [1.807, 2.05) is 11.9 Å². The fourth-order valence-electron chi connectivity index (χ4n) is 1.92. The van der Waals surface area contributed by atoms with Crippen molar-refractivity contribution in [1.29, 1.82) is 0 Å². The Balaban J connectivity index is 2.24. The summed E-state index contributed by atoms with van der Waals surface area (Å²) in [6.07, 6.45) is 0. The molecule has 0 atom stereocenters. The molecule has 1 saturated heterocycles. The van der Waals surface area contributed by atoms with Gasteiger partial charge >= 0.3 is 0 Å². The minimum Gasteiger partial charge on any atom is -0.304 e. The molecular formula is C12H12F5N3O. The zero-order chi connectivity index (χ0) is 15.7. The van der Waals surface area contributed by atoms with Gasteiger partial charge in [-0.05, 0) is 7.05 Å². The van der Waals surface area contributed by atoms with Crippen molar-refractivity contribution in [3.63, 3.8) is 0 Å². The number of hydrogen-bond acceptors (Lipinski definition) is 3. The highest BCUT2D eigenvalue weighted by Crippen LogP contribution is 2.23. The summed E-state index contributed by atoms with van der Waals surface area (Å²) in [5.41, 5.74) is 0.662. The molecule has 0 radical (unpaired) electrons. The number of hydrazine groups is 1. The molecule has 0 spiro atoms. The Morgan fingerprint density at radius 2 is 1.29 bits per heavy atom. The fraction of sp³-hybridized carbons (Fsp3) is 0.417. The largest absolute Gasteiger partial charge is 0.304 e. The summed E-state index contributed by atoms with van der Waals surface area (Å²) >= 11 is 0. The lowest BCUT2D eigenvalue weighted by atomic mass is 10.1. The van der Waals surface area contributed by atoms with Gasteiger partial charge in [0, 0.05) is 26.2 Å². The first-order valence-corrected chi connectivity index (χ1v) is 6.08. The topological polar surface area (TPSA) is 35.6 Å². The number of amides is 1. The number of hydrogen-bond donors (Lipinski definition) is 1. The van der Waals surface area contributed by atoms with Crippen LogP contribution in [0.25, 0.3) is 0 Å². The number of halogens is 5. The van der Waals surface area contributed by atoms with Crippen molar-refractivity contribution in [3.8, 4) is 0 Å². The van der Waals surface area contributed by atoms with Gasteiger partial charge in [0.1, 0.15) is 5.56 Å². The van der Waals surface area contributed by atoms with E-state index in [9.17, 15) is 26.7 Å². The number of likely N-dealkylation sites (N-methyl/N-ethyl adjacent to an activating group) is 1. The molecule has 2 rings (SSSR count). The van der Waals surface area contributed by atoms with E-state index >= 15 is 0 Å². The van der Waals surface area contributed by atoms with Gasteiger partial charge in [-0.25, -0.2) is 27.0 Å². The van der Waals surface area contributed by atoms with E-state index in [0.29, 0.717) is 26.2 Å². The van der Waals surface area contributed by atoms with Crippen LogP contribution in [0.4, 0.5) is 22.0 Å². The van der Waals surface area contributed by atoms with Gasteiger partial charge < -0.3 is 4.90 Å². The van der Waals surface area contributed by atoms with Crippen LogP contribution in [-0.2, 0) is 0 Å². The summed E-state index contributed by atoms with van der Waals surface area (Å²) in [4.78, 5) is 13.7. The molecule has 21 heavy (non-hydrogen) atoms. The molecule has 1 aliphatic rings. The van der Waals surface area contributed by atoms with Gasteiger partial charge in [0.05, 0.1) is 0 Å². The molecule has 1 aliphatic heterocycles. The van der Waals surface area contributed by atoms with Crippen molar-refractivity contribution < 1.29 is 26.7 Å². The van der Waals surface area contributed by atoms with Crippen LogP contribution in [0.5, 0.6) is 0 Å². The van der Waals surface area contributed by atoms with Crippen LogP contribution >= 0.6 is 0 Å². The van der Waals surface area contributed by atoms with Gasteiger partial charge in [0.2, 0.25) is 5.82 Å². The Morgan fingerprint density at radius 1 is 0.857 bits per heavy atom. The molecule has 0 unspecified atom stereocenters. The van der Waals surface area contributed by atoms with Gasteiger partial charge in [-0.3, -0.25) is 10.2 Å². The summed E-state index contributed by atoms with van der Waals surface area (Å²) in [6.45, 7) is 1.93. The molecule has 0 bridgehead atoms. The molecule has 1 N–H and O–H groups in total. The first kappa shape index (κ1) is 15.6. The highest BCUT2D eigenvalue weighted by molar-refractivity contribution is 5.94. The zero-order valence-corrected chi connectivity index (χ0v) is 11.0. The van der Waals surface area contributed by atoms with Gasteiger partial charge in [-0.1, -0.05) is 0 Å². The molecule has 1 aromatic rings. The van der Waals surface area contributed by atoms with Gasteiger partial charge in [-0.15, -0.1) is 0 Å². The molecule has 116 valence electrons. The number of rotatable bonds is 2. The number of carbonyl (C=O) groups is 1. The number of nitrogens with one attached hydrogen (secondary N) is 1. The molecule has 1 heterocycles. The Hall–Kier alpha value is -1.74. The third-order valence-corrected chi connectivity index (χ3v) is 3.20. The second-order valence-corrected chi connectivity index (χ2v) is 4.68. The highest BCUT2D eigenvalue weighted by Gasteiger charge is 2.30. The normalized spacial score (nSPS) is 17.0. The molecule has 1 aromatic carbocycles. The second kappa shape index (κ2) is 5.94. The van der Waals surface area contributed by atoms with E-state index < -0.39 is 40.6 Å². The van der Waals surface area contributed by atoms with Crippen molar-refractivity contribution in [2.24, 2.45) is 0 Å². The second-order valence-electron chi connectivity index (χ2n) is 4.68. The summed E-state index contributed by atoms with van der Waals surface area (Å²) in [6, 6.07) is 0. The van der Waals surface area contributed by atoms with Crippen LogP contribution in [0.1, 0.15) is 10.4 Å². The minimum absolute atomic E-state index is 0.373. The summed E-state index contributed by atoms with van der Waals surface area (Å²) in [7, 11) is 1.85. The summed E-state index contributed by atoms with van der Waals surface area (Å²) in [5, 5.41) is 1.36. The smallest absolute Gasteiger partial charge is 0.271 e. The lowest BCUT2D eigenvalue weighted by molar-refractivity contribution is 0.0652. The Morgan fingerprint density at radius 3 is 1.76 bits per heavy atom. The molecule has 0 aliphatic carbocycles. The van der Waals surface area contributed by atoms with E-state index in [0.717, 1.165) is 0 Å². The average molecular weight is 309 g/mol. The maximum absolute atomic E-state index is 13.5. The summed E-state index contributed by atoms with van der Waals surface area (Å²) in [5.74, 6) is -12.2. The van der Waals surface area contributed by atoms with Crippen molar-refractivity contribution >= 4 is 5.91 Å². The van der Waals surface area contributed by atoms with Crippen LogP contribution in [0, 0.1) is 29.1 Å². The first-order valence-electron chi connectivity index (χ1n) is 6.08. The minimum atomic E-state index is -2.29.